The molecular weight excluding hydrogens is 276 g/mol. The summed E-state index contributed by atoms with van der Waals surface area (Å²) in [5, 5.41) is 12.1. The standard InChI is InChI=1S/C14H18N2O5/c1-19-13(20-2)10-4-3-9-12(16-10)15-8-5-14(9,6-8)21-7-11(17)18/h3-4,8,13H,5-7H2,1-2H3,(H,15,16)(H,17,18). The van der Waals surface area contributed by atoms with Crippen molar-refractivity contribution in [2.75, 3.05) is 26.1 Å². The van der Waals surface area contributed by atoms with Crippen molar-refractivity contribution in [3.8, 4) is 0 Å². The van der Waals surface area contributed by atoms with Crippen LogP contribution >= 0.6 is 0 Å². The predicted octanol–water partition coefficient (Wildman–Crippen LogP) is 1.26. The summed E-state index contributed by atoms with van der Waals surface area (Å²) < 4.78 is 16.0. The normalized spacial score (nSPS) is 26.0. The minimum Gasteiger partial charge on any atom is -0.480 e. The highest BCUT2D eigenvalue weighted by molar-refractivity contribution is 5.68. The molecule has 1 saturated carbocycles. The Labute approximate surface area is 122 Å². The van der Waals surface area contributed by atoms with E-state index in [1.54, 1.807) is 14.2 Å². The van der Waals surface area contributed by atoms with Crippen LogP contribution in [0.25, 0.3) is 0 Å². The molecule has 0 aromatic carbocycles. The molecule has 0 saturated heterocycles. The Hall–Kier alpha value is -1.70. The fourth-order valence-corrected chi connectivity index (χ4v) is 3.07. The lowest BCUT2D eigenvalue weighted by atomic mass is 9.68. The van der Waals surface area contributed by atoms with Gasteiger partial charge in [-0.2, -0.15) is 0 Å². The number of carboxylic acid groups (broad SMARTS) is 1. The van der Waals surface area contributed by atoms with Crippen molar-refractivity contribution >= 4 is 11.8 Å². The molecule has 2 bridgehead atoms. The lowest BCUT2D eigenvalue weighted by Crippen LogP contribution is -2.55. The van der Waals surface area contributed by atoms with E-state index in [-0.39, 0.29) is 12.6 Å². The van der Waals surface area contributed by atoms with Gasteiger partial charge in [-0.05, 0) is 6.07 Å². The average molecular weight is 294 g/mol. The second-order valence-corrected chi connectivity index (χ2v) is 5.36. The SMILES string of the molecule is COC(OC)c1ccc2c(n1)NC1CC2(OCC(=O)O)C1. The van der Waals surface area contributed by atoms with Gasteiger partial charge in [0, 0.05) is 38.7 Å². The Morgan fingerprint density at radius 1 is 1.48 bits per heavy atom. The van der Waals surface area contributed by atoms with Crippen molar-refractivity contribution < 1.29 is 24.1 Å². The number of nitrogens with zero attached hydrogens (tertiary/aromatic N) is 1. The van der Waals surface area contributed by atoms with Crippen LogP contribution in [-0.4, -0.2) is 42.9 Å². The van der Waals surface area contributed by atoms with E-state index in [1.165, 1.54) is 0 Å². The topological polar surface area (TPSA) is 89.9 Å². The quantitative estimate of drug-likeness (QED) is 0.763. The number of rotatable bonds is 6. The molecule has 0 spiro atoms. The van der Waals surface area contributed by atoms with Gasteiger partial charge in [0.15, 0.2) is 0 Å². The number of pyridine rings is 1. The number of aromatic nitrogens is 1. The summed E-state index contributed by atoms with van der Waals surface area (Å²) in [5.74, 6) is -0.240. The first kappa shape index (κ1) is 14.2. The number of nitrogens with one attached hydrogen (secondary N) is 1. The summed E-state index contributed by atoms with van der Waals surface area (Å²) in [6, 6.07) is 4.01. The van der Waals surface area contributed by atoms with Crippen LogP contribution in [0.15, 0.2) is 12.1 Å². The van der Waals surface area contributed by atoms with Crippen molar-refractivity contribution in [2.45, 2.75) is 30.8 Å². The zero-order valence-corrected chi connectivity index (χ0v) is 12.0. The average Bonchev–Trinajstić information content (AvgIpc) is 2.44. The Morgan fingerprint density at radius 3 is 2.81 bits per heavy atom. The zero-order chi connectivity index (χ0) is 15.0. The lowest BCUT2D eigenvalue weighted by molar-refractivity contribution is -0.161. The monoisotopic (exact) mass is 294 g/mol. The smallest absolute Gasteiger partial charge is 0.329 e. The van der Waals surface area contributed by atoms with Crippen molar-refractivity contribution in [3.05, 3.63) is 23.4 Å². The van der Waals surface area contributed by atoms with Gasteiger partial charge in [-0.1, -0.05) is 6.07 Å². The molecule has 1 aliphatic carbocycles. The molecule has 7 nitrogen and oxygen atoms in total. The Kier molecular flexibility index (Phi) is 3.56. The maximum absolute atomic E-state index is 10.7. The molecule has 3 aliphatic rings. The van der Waals surface area contributed by atoms with E-state index in [2.05, 4.69) is 10.3 Å². The summed E-state index contributed by atoms with van der Waals surface area (Å²) in [4.78, 5) is 15.3. The highest BCUT2D eigenvalue weighted by Gasteiger charge is 2.52. The van der Waals surface area contributed by atoms with Crippen LogP contribution in [0.3, 0.4) is 0 Å². The van der Waals surface area contributed by atoms with Gasteiger partial charge in [0.1, 0.15) is 18.0 Å². The maximum Gasteiger partial charge on any atom is 0.329 e. The first-order valence-electron chi connectivity index (χ1n) is 6.77. The fraction of sp³-hybridized carbons (Fsp3) is 0.571. The van der Waals surface area contributed by atoms with Gasteiger partial charge in [0.25, 0.3) is 0 Å². The Morgan fingerprint density at radius 2 is 2.19 bits per heavy atom. The molecule has 3 heterocycles. The summed E-state index contributed by atoms with van der Waals surface area (Å²) >= 11 is 0. The Bertz CT molecular complexity index is 552. The highest BCUT2D eigenvalue weighted by Crippen LogP contribution is 2.52. The number of hydrogen-bond donors (Lipinski definition) is 2. The van der Waals surface area contributed by atoms with Gasteiger partial charge in [0.2, 0.25) is 6.29 Å². The first-order chi connectivity index (χ1) is 10.1. The van der Waals surface area contributed by atoms with Gasteiger partial charge in [-0.15, -0.1) is 0 Å². The van der Waals surface area contributed by atoms with Gasteiger partial charge < -0.3 is 24.6 Å². The lowest BCUT2D eigenvalue weighted by Gasteiger charge is -2.52. The van der Waals surface area contributed by atoms with Crippen molar-refractivity contribution in [2.24, 2.45) is 0 Å². The molecule has 1 aromatic heterocycles. The number of methoxy groups -OCH3 is 2. The van der Waals surface area contributed by atoms with E-state index >= 15 is 0 Å². The zero-order valence-electron chi connectivity index (χ0n) is 12.0. The number of anilines is 1. The Balaban J connectivity index is 1.88. The van der Waals surface area contributed by atoms with Crippen molar-refractivity contribution in [1.29, 1.82) is 0 Å². The van der Waals surface area contributed by atoms with E-state index in [4.69, 9.17) is 19.3 Å². The maximum atomic E-state index is 10.7. The number of ether oxygens (including phenoxy) is 3. The van der Waals surface area contributed by atoms with Crippen LogP contribution in [0.5, 0.6) is 0 Å². The summed E-state index contributed by atoms with van der Waals surface area (Å²) in [5.41, 5.74) is 1.05. The third-order valence-corrected chi connectivity index (χ3v) is 4.04. The molecule has 7 heteroatoms. The largest absolute Gasteiger partial charge is 0.480 e. The van der Waals surface area contributed by atoms with E-state index < -0.39 is 17.9 Å². The molecule has 2 N–H and O–H groups in total. The third kappa shape index (κ3) is 2.37. The van der Waals surface area contributed by atoms with Crippen molar-refractivity contribution in [1.82, 2.24) is 4.98 Å². The highest BCUT2D eigenvalue weighted by atomic mass is 16.7. The molecule has 114 valence electrons. The molecule has 0 amide bonds. The van der Waals surface area contributed by atoms with E-state index in [9.17, 15) is 4.79 Å². The minimum absolute atomic E-state index is 0.276. The summed E-state index contributed by atoms with van der Waals surface area (Å²) in [7, 11) is 3.11. The fourth-order valence-electron chi connectivity index (χ4n) is 3.07. The van der Waals surface area contributed by atoms with Crippen LogP contribution in [-0.2, 0) is 24.6 Å². The first-order valence-corrected chi connectivity index (χ1v) is 6.77. The van der Waals surface area contributed by atoms with Crippen LogP contribution in [0.2, 0.25) is 0 Å². The third-order valence-electron chi connectivity index (χ3n) is 4.04. The van der Waals surface area contributed by atoms with Crippen LogP contribution in [0, 0.1) is 0 Å². The second-order valence-electron chi connectivity index (χ2n) is 5.36. The molecule has 0 radical (unpaired) electrons. The summed E-state index contributed by atoms with van der Waals surface area (Å²) in [6.45, 7) is -0.299. The van der Waals surface area contributed by atoms with E-state index in [1.807, 2.05) is 12.1 Å². The van der Waals surface area contributed by atoms with Gasteiger partial charge in [0.05, 0.1) is 5.69 Å². The second kappa shape index (κ2) is 5.25. The molecule has 0 unspecified atom stereocenters. The molecule has 1 aromatic rings. The molecule has 0 atom stereocenters. The summed E-state index contributed by atoms with van der Waals surface area (Å²) in [6.07, 6.45) is 1.02. The van der Waals surface area contributed by atoms with Gasteiger partial charge in [-0.3, -0.25) is 0 Å². The van der Waals surface area contributed by atoms with E-state index in [0.717, 1.165) is 24.2 Å². The van der Waals surface area contributed by atoms with Gasteiger partial charge in [-0.25, -0.2) is 9.78 Å². The van der Waals surface area contributed by atoms with Crippen molar-refractivity contribution in [3.63, 3.8) is 0 Å². The van der Waals surface area contributed by atoms with Crippen LogP contribution in [0.1, 0.15) is 30.4 Å². The molecule has 4 rings (SSSR count). The van der Waals surface area contributed by atoms with Crippen LogP contribution < -0.4 is 5.32 Å². The molecule has 2 aliphatic heterocycles. The number of hydrogen-bond acceptors (Lipinski definition) is 6. The van der Waals surface area contributed by atoms with E-state index in [0.29, 0.717) is 5.69 Å². The predicted molar refractivity (Wildman–Crippen MR) is 72.9 cm³/mol. The number of aliphatic carboxylic acids is 1. The van der Waals surface area contributed by atoms with Crippen LogP contribution in [0.4, 0.5) is 5.82 Å². The molecule has 1 fully saturated rings. The molecule has 21 heavy (non-hydrogen) atoms. The minimum atomic E-state index is -0.962. The van der Waals surface area contributed by atoms with Gasteiger partial charge >= 0.3 is 5.97 Å². The number of carbonyl (C=O) groups is 1. The molecular formula is C14H18N2O5. The number of carboxylic acids is 1.